The standard InChI is InChI=1S/C18H15FIN3O2/c1-12-10-17(23(22-12)15-6-2-13(19)3-7-15)21-18(24)11-25-16-8-4-14(20)5-9-16/h2-10H,11H2,1H3,(H,21,24). The van der Waals surface area contributed by atoms with E-state index in [0.29, 0.717) is 17.3 Å². The van der Waals surface area contributed by atoms with Crippen molar-refractivity contribution in [2.45, 2.75) is 6.92 Å². The number of hydrogen-bond acceptors (Lipinski definition) is 3. The van der Waals surface area contributed by atoms with Crippen LogP contribution in [0.25, 0.3) is 5.69 Å². The second-order valence-corrected chi connectivity index (χ2v) is 6.60. The Bertz CT molecular complexity index is 876. The smallest absolute Gasteiger partial charge is 0.263 e. The van der Waals surface area contributed by atoms with Crippen molar-refractivity contribution in [2.24, 2.45) is 0 Å². The molecular formula is C18H15FIN3O2. The molecule has 0 atom stereocenters. The van der Waals surface area contributed by atoms with E-state index in [1.54, 1.807) is 22.9 Å². The molecular weight excluding hydrogens is 436 g/mol. The van der Waals surface area contributed by atoms with Gasteiger partial charge in [-0.15, -0.1) is 0 Å². The van der Waals surface area contributed by atoms with E-state index in [9.17, 15) is 9.18 Å². The number of nitrogens with zero attached hydrogens (tertiary/aromatic N) is 2. The zero-order chi connectivity index (χ0) is 17.8. The van der Waals surface area contributed by atoms with Gasteiger partial charge in [-0.1, -0.05) is 0 Å². The van der Waals surface area contributed by atoms with Crippen LogP contribution in [0.5, 0.6) is 5.75 Å². The fraction of sp³-hybridized carbons (Fsp3) is 0.111. The van der Waals surface area contributed by atoms with Crippen molar-refractivity contribution in [2.75, 3.05) is 11.9 Å². The molecule has 2 aromatic carbocycles. The molecule has 0 spiro atoms. The number of benzene rings is 2. The lowest BCUT2D eigenvalue weighted by molar-refractivity contribution is -0.118. The first-order valence-corrected chi connectivity index (χ1v) is 8.60. The Morgan fingerprint density at radius 3 is 2.56 bits per heavy atom. The van der Waals surface area contributed by atoms with Crippen LogP contribution in [-0.4, -0.2) is 22.3 Å². The quantitative estimate of drug-likeness (QED) is 0.598. The highest BCUT2D eigenvalue weighted by Crippen LogP contribution is 2.18. The van der Waals surface area contributed by atoms with Crippen molar-refractivity contribution in [3.05, 3.63) is 69.7 Å². The number of nitrogens with one attached hydrogen (secondary N) is 1. The Labute approximate surface area is 157 Å². The van der Waals surface area contributed by atoms with Crippen molar-refractivity contribution in [3.8, 4) is 11.4 Å². The van der Waals surface area contributed by atoms with Gasteiger partial charge in [0.05, 0.1) is 11.4 Å². The van der Waals surface area contributed by atoms with Crippen LogP contribution < -0.4 is 10.1 Å². The maximum Gasteiger partial charge on any atom is 0.263 e. The molecule has 0 saturated heterocycles. The van der Waals surface area contributed by atoms with E-state index in [-0.39, 0.29) is 18.3 Å². The third-order valence-electron chi connectivity index (χ3n) is 3.35. The molecule has 25 heavy (non-hydrogen) atoms. The first-order chi connectivity index (χ1) is 12.0. The zero-order valence-electron chi connectivity index (χ0n) is 13.4. The van der Waals surface area contributed by atoms with Crippen LogP contribution in [0.4, 0.5) is 10.2 Å². The number of halogens is 2. The minimum absolute atomic E-state index is 0.117. The lowest BCUT2D eigenvalue weighted by atomic mass is 10.3. The molecule has 7 heteroatoms. The van der Waals surface area contributed by atoms with Crippen LogP contribution >= 0.6 is 22.6 Å². The minimum atomic E-state index is -0.330. The summed E-state index contributed by atoms with van der Waals surface area (Å²) in [6.45, 7) is 1.70. The van der Waals surface area contributed by atoms with E-state index in [1.807, 2.05) is 31.2 Å². The highest BCUT2D eigenvalue weighted by atomic mass is 127. The number of aromatic nitrogens is 2. The van der Waals surface area contributed by atoms with Crippen LogP contribution in [0.3, 0.4) is 0 Å². The number of ether oxygens (including phenoxy) is 1. The summed E-state index contributed by atoms with van der Waals surface area (Å²) in [5.74, 6) is 0.491. The molecule has 0 aliphatic heterocycles. The summed E-state index contributed by atoms with van der Waals surface area (Å²) < 4.78 is 21.2. The number of aryl methyl sites for hydroxylation is 1. The average Bonchev–Trinajstić information content (AvgIpc) is 2.95. The van der Waals surface area contributed by atoms with Gasteiger partial charge in [0.1, 0.15) is 17.4 Å². The van der Waals surface area contributed by atoms with Crippen molar-refractivity contribution < 1.29 is 13.9 Å². The number of amides is 1. The molecule has 5 nitrogen and oxygen atoms in total. The van der Waals surface area contributed by atoms with Crippen LogP contribution in [-0.2, 0) is 4.79 Å². The highest BCUT2D eigenvalue weighted by molar-refractivity contribution is 14.1. The monoisotopic (exact) mass is 451 g/mol. The van der Waals surface area contributed by atoms with Gasteiger partial charge in [0, 0.05) is 9.64 Å². The van der Waals surface area contributed by atoms with E-state index in [4.69, 9.17) is 4.74 Å². The van der Waals surface area contributed by atoms with Gasteiger partial charge in [0.15, 0.2) is 6.61 Å². The van der Waals surface area contributed by atoms with Crippen LogP contribution in [0.15, 0.2) is 54.6 Å². The summed E-state index contributed by atoms with van der Waals surface area (Å²) in [5, 5.41) is 7.10. The third-order valence-corrected chi connectivity index (χ3v) is 4.07. The van der Waals surface area contributed by atoms with Gasteiger partial charge in [-0.05, 0) is 78.0 Å². The number of hydrogen-bond donors (Lipinski definition) is 1. The molecule has 3 aromatic rings. The molecule has 1 aromatic heterocycles. The SMILES string of the molecule is Cc1cc(NC(=O)COc2ccc(I)cc2)n(-c2ccc(F)cc2)n1. The predicted octanol–water partition coefficient (Wildman–Crippen LogP) is 3.94. The number of carbonyl (C=O) groups is 1. The van der Waals surface area contributed by atoms with Gasteiger partial charge < -0.3 is 10.1 Å². The fourth-order valence-electron chi connectivity index (χ4n) is 2.23. The molecule has 128 valence electrons. The van der Waals surface area contributed by atoms with Crippen LogP contribution in [0.2, 0.25) is 0 Å². The number of anilines is 1. The first-order valence-electron chi connectivity index (χ1n) is 7.52. The largest absolute Gasteiger partial charge is 0.484 e. The first kappa shape index (κ1) is 17.4. The summed E-state index contributed by atoms with van der Waals surface area (Å²) in [7, 11) is 0. The third kappa shape index (κ3) is 4.56. The van der Waals surface area contributed by atoms with E-state index < -0.39 is 0 Å². The van der Waals surface area contributed by atoms with Crippen molar-refractivity contribution in [3.63, 3.8) is 0 Å². The van der Waals surface area contributed by atoms with Gasteiger partial charge in [-0.3, -0.25) is 4.79 Å². The summed E-state index contributed by atoms with van der Waals surface area (Å²) >= 11 is 2.20. The zero-order valence-corrected chi connectivity index (χ0v) is 15.5. The number of carbonyl (C=O) groups excluding carboxylic acids is 1. The minimum Gasteiger partial charge on any atom is -0.484 e. The van der Waals surface area contributed by atoms with E-state index in [0.717, 1.165) is 9.26 Å². The van der Waals surface area contributed by atoms with Crippen molar-refractivity contribution in [1.29, 1.82) is 0 Å². The molecule has 1 heterocycles. The Balaban J connectivity index is 1.69. The maximum atomic E-state index is 13.1. The molecule has 0 radical (unpaired) electrons. The van der Waals surface area contributed by atoms with Gasteiger partial charge in [-0.25, -0.2) is 9.07 Å². The second-order valence-electron chi connectivity index (χ2n) is 5.35. The lowest BCUT2D eigenvalue weighted by Gasteiger charge is -2.10. The summed E-state index contributed by atoms with van der Waals surface area (Å²) in [4.78, 5) is 12.2. The summed E-state index contributed by atoms with van der Waals surface area (Å²) in [6.07, 6.45) is 0. The summed E-state index contributed by atoms with van der Waals surface area (Å²) in [6, 6.07) is 15.0. The average molecular weight is 451 g/mol. The molecule has 0 saturated carbocycles. The Kier molecular flexibility index (Phi) is 5.32. The molecule has 1 N–H and O–H groups in total. The molecule has 0 fully saturated rings. The summed E-state index contributed by atoms with van der Waals surface area (Å²) in [5.41, 5.74) is 1.39. The molecule has 3 rings (SSSR count). The number of rotatable bonds is 5. The van der Waals surface area contributed by atoms with E-state index in [1.165, 1.54) is 12.1 Å². The van der Waals surface area contributed by atoms with Crippen LogP contribution in [0.1, 0.15) is 5.69 Å². The van der Waals surface area contributed by atoms with Crippen molar-refractivity contribution >= 4 is 34.3 Å². The molecule has 0 unspecified atom stereocenters. The topological polar surface area (TPSA) is 56.1 Å². The van der Waals surface area contributed by atoms with Crippen molar-refractivity contribution in [1.82, 2.24) is 9.78 Å². The van der Waals surface area contributed by atoms with E-state index >= 15 is 0 Å². The normalized spacial score (nSPS) is 10.5. The molecule has 0 bridgehead atoms. The van der Waals surface area contributed by atoms with Crippen LogP contribution in [0, 0.1) is 16.3 Å². The van der Waals surface area contributed by atoms with Gasteiger partial charge >= 0.3 is 0 Å². The molecule has 0 aliphatic carbocycles. The van der Waals surface area contributed by atoms with Gasteiger partial charge in [-0.2, -0.15) is 5.10 Å². The Hall–Kier alpha value is -2.42. The van der Waals surface area contributed by atoms with E-state index in [2.05, 4.69) is 33.0 Å². The lowest BCUT2D eigenvalue weighted by Crippen LogP contribution is -2.21. The van der Waals surface area contributed by atoms with Gasteiger partial charge in [0.2, 0.25) is 0 Å². The Morgan fingerprint density at radius 1 is 1.20 bits per heavy atom. The molecule has 0 aliphatic rings. The fourth-order valence-corrected chi connectivity index (χ4v) is 2.59. The maximum absolute atomic E-state index is 13.1. The highest BCUT2D eigenvalue weighted by Gasteiger charge is 2.11. The predicted molar refractivity (Wildman–Crippen MR) is 102 cm³/mol. The van der Waals surface area contributed by atoms with Gasteiger partial charge in [0.25, 0.3) is 5.91 Å². The second kappa shape index (κ2) is 7.64. The molecule has 1 amide bonds. The Morgan fingerprint density at radius 2 is 1.88 bits per heavy atom.